The minimum atomic E-state index is -0.548. The second-order valence-electron chi connectivity index (χ2n) is 4.74. The van der Waals surface area contributed by atoms with Crippen LogP contribution in [0.1, 0.15) is 52.8 Å². The zero-order chi connectivity index (χ0) is 20.1. The summed E-state index contributed by atoms with van der Waals surface area (Å²) in [6.07, 6.45) is 3.61. The summed E-state index contributed by atoms with van der Waals surface area (Å²) in [5.74, 6) is -0.850. The van der Waals surface area contributed by atoms with Crippen LogP contribution in [-0.2, 0) is 9.53 Å². The molecule has 1 aromatic heterocycles. The number of nitrogens with two attached hydrogens (primary N) is 1. The van der Waals surface area contributed by atoms with Gasteiger partial charge in [-0.15, -0.1) is 6.58 Å². The van der Waals surface area contributed by atoms with Crippen molar-refractivity contribution in [2.24, 2.45) is 0 Å². The molecule has 0 aliphatic heterocycles. The number of carbonyl (C=O) groups is 1. The molecule has 0 radical (unpaired) electrons. The lowest BCUT2D eigenvalue weighted by Gasteiger charge is -2.11. The zero-order valence-electron chi connectivity index (χ0n) is 16.3. The number of carbonyl (C=O) groups excluding carboxylic acids is 1. The standard InChI is InChI=1S/C16H18FN3O2.2C2H6/c1-3-5-12(16(21)22-4-2)15-19-9-14(20-15)11-7-6-10(17)8-13(11)18;2*1-2/h3,6-9,12H,1,4-5,18H2,2H3,(H,19,20);2*1-2H3. The van der Waals surface area contributed by atoms with Crippen molar-refractivity contribution < 1.29 is 13.9 Å². The van der Waals surface area contributed by atoms with Gasteiger partial charge in [0, 0.05) is 11.3 Å². The van der Waals surface area contributed by atoms with Crippen molar-refractivity contribution in [1.82, 2.24) is 9.97 Å². The molecule has 3 N–H and O–H groups in total. The van der Waals surface area contributed by atoms with Gasteiger partial charge in [-0.05, 0) is 31.5 Å². The second-order valence-corrected chi connectivity index (χ2v) is 4.74. The van der Waals surface area contributed by atoms with Gasteiger partial charge in [0.1, 0.15) is 17.6 Å². The summed E-state index contributed by atoms with van der Waals surface area (Å²) in [6, 6.07) is 4.12. The molecule has 6 heteroatoms. The molecular formula is C20H30FN3O2. The first-order valence-corrected chi connectivity index (χ1v) is 8.94. The quantitative estimate of drug-likeness (QED) is 0.426. The van der Waals surface area contributed by atoms with Gasteiger partial charge in [0.25, 0.3) is 0 Å². The van der Waals surface area contributed by atoms with Crippen molar-refractivity contribution in [2.75, 3.05) is 12.3 Å². The average molecular weight is 363 g/mol. The van der Waals surface area contributed by atoms with E-state index >= 15 is 0 Å². The van der Waals surface area contributed by atoms with E-state index in [-0.39, 0.29) is 5.97 Å². The van der Waals surface area contributed by atoms with Gasteiger partial charge in [-0.1, -0.05) is 33.8 Å². The molecule has 26 heavy (non-hydrogen) atoms. The van der Waals surface area contributed by atoms with Crippen molar-refractivity contribution in [1.29, 1.82) is 0 Å². The van der Waals surface area contributed by atoms with Crippen LogP contribution in [0.5, 0.6) is 0 Å². The number of nitrogens with one attached hydrogen (secondary N) is 1. The van der Waals surface area contributed by atoms with Crippen LogP contribution in [0.4, 0.5) is 10.1 Å². The number of hydrogen-bond acceptors (Lipinski definition) is 4. The molecule has 144 valence electrons. The predicted molar refractivity (Wildman–Crippen MR) is 105 cm³/mol. The molecule has 0 aliphatic carbocycles. The van der Waals surface area contributed by atoms with Crippen molar-refractivity contribution in [3.8, 4) is 11.3 Å². The van der Waals surface area contributed by atoms with E-state index in [4.69, 9.17) is 10.5 Å². The van der Waals surface area contributed by atoms with Crippen LogP contribution in [0, 0.1) is 5.82 Å². The molecule has 0 bridgehead atoms. The van der Waals surface area contributed by atoms with Gasteiger partial charge in [0.2, 0.25) is 0 Å². The number of aromatic nitrogens is 2. The number of hydrogen-bond donors (Lipinski definition) is 2. The molecule has 0 saturated heterocycles. The van der Waals surface area contributed by atoms with E-state index in [9.17, 15) is 9.18 Å². The topological polar surface area (TPSA) is 81.0 Å². The minimum Gasteiger partial charge on any atom is -0.465 e. The summed E-state index contributed by atoms with van der Waals surface area (Å²) in [6.45, 7) is 13.7. The molecule has 1 aromatic carbocycles. The summed E-state index contributed by atoms with van der Waals surface area (Å²) in [5.41, 5.74) is 7.35. The highest BCUT2D eigenvalue weighted by Crippen LogP contribution is 2.27. The van der Waals surface area contributed by atoms with Crippen LogP contribution in [-0.4, -0.2) is 22.5 Å². The summed E-state index contributed by atoms with van der Waals surface area (Å²) >= 11 is 0. The summed E-state index contributed by atoms with van der Waals surface area (Å²) in [5, 5.41) is 0. The number of benzene rings is 1. The van der Waals surface area contributed by atoms with E-state index in [0.717, 1.165) is 0 Å². The first kappa shape index (κ1) is 23.4. The summed E-state index contributed by atoms with van der Waals surface area (Å²) in [4.78, 5) is 19.3. The van der Waals surface area contributed by atoms with Crippen molar-refractivity contribution in [3.05, 3.63) is 48.7 Å². The highest BCUT2D eigenvalue weighted by Gasteiger charge is 2.24. The van der Waals surface area contributed by atoms with Gasteiger partial charge in [-0.2, -0.15) is 0 Å². The number of halogens is 1. The fraction of sp³-hybridized carbons (Fsp3) is 0.400. The van der Waals surface area contributed by atoms with Gasteiger partial charge in [-0.3, -0.25) is 4.79 Å². The largest absolute Gasteiger partial charge is 0.465 e. The third-order valence-corrected chi connectivity index (χ3v) is 3.20. The van der Waals surface area contributed by atoms with Gasteiger partial charge in [0.15, 0.2) is 0 Å². The molecule has 2 aromatic rings. The number of aromatic amines is 1. The van der Waals surface area contributed by atoms with E-state index in [2.05, 4.69) is 16.5 Å². The zero-order valence-corrected chi connectivity index (χ0v) is 16.3. The number of H-pyrrole nitrogens is 1. The lowest BCUT2D eigenvalue weighted by Crippen LogP contribution is -2.16. The fourth-order valence-electron chi connectivity index (χ4n) is 2.16. The number of imidazole rings is 1. The van der Waals surface area contributed by atoms with Gasteiger partial charge < -0.3 is 15.5 Å². The third-order valence-electron chi connectivity index (χ3n) is 3.20. The smallest absolute Gasteiger partial charge is 0.316 e. The van der Waals surface area contributed by atoms with Crippen LogP contribution in [0.15, 0.2) is 37.1 Å². The number of nitrogens with zero attached hydrogens (tertiary/aromatic N) is 1. The van der Waals surface area contributed by atoms with Crippen LogP contribution in [0.2, 0.25) is 0 Å². The normalized spacial score (nSPS) is 10.5. The molecule has 0 saturated carbocycles. The first-order valence-electron chi connectivity index (χ1n) is 8.94. The highest BCUT2D eigenvalue weighted by atomic mass is 19.1. The highest BCUT2D eigenvalue weighted by molar-refractivity contribution is 5.78. The van der Waals surface area contributed by atoms with Crippen LogP contribution >= 0.6 is 0 Å². The maximum absolute atomic E-state index is 13.1. The van der Waals surface area contributed by atoms with E-state index < -0.39 is 11.7 Å². The number of anilines is 1. The molecule has 1 heterocycles. The molecule has 1 atom stereocenters. The first-order chi connectivity index (χ1) is 12.6. The van der Waals surface area contributed by atoms with E-state index in [0.29, 0.717) is 35.8 Å². The Hall–Kier alpha value is -2.63. The Morgan fingerprint density at radius 3 is 2.58 bits per heavy atom. The minimum absolute atomic E-state index is 0.297. The third kappa shape index (κ3) is 6.35. The number of allylic oxidation sites excluding steroid dienone is 1. The maximum atomic E-state index is 13.1. The van der Waals surface area contributed by atoms with Crippen LogP contribution in [0.25, 0.3) is 11.3 Å². The van der Waals surface area contributed by atoms with E-state index in [1.165, 1.54) is 12.1 Å². The maximum Gasteiger partial charge on any atom is 0.316 e. The summed E-state index contributed by atoms with van der Waals surface area (Å²) < 4.78 is 18.2. The molecule has 5 nitrogen and oxygen atoms in total. The molecule has 0 aliphatic rings. The molecule has 1 unspecified atom stereocenters. The van der Waals surface area contributed by atoms with Gasteiger partial charge in [-0.25, -0.2) is 9.37 Å². The fourth-order valence-corrected chi connectivity index (χ4v) is 2.16. The van der Waals surface area contributed by atoms with Crippen LogP contribution in [0.3, 0.4) is 0 Å². The number of ether oxygens (including phenoxy) is 1. The molecule has 0 amide bonds. The number of esters is 1. The lowest BCUT2D eigenvalue weighted by molar-refractivity contribution is -0.145. The second kappa shape index (κ2) is 12.7. The average Bonchev–Trinajstić information content (AvgIpc) is 3.12. The molecule has 0 fully saturated rings. The molecule has 2 rings (SSSR count). The predicted octanol–water partition coefficient (Wildman–Crippen LogP) is 5.07. The van der Waals surface area contributed by atoms with E-state index in [1.54, 1.807) is 25.3 Å². The van der Waals surface area contributed by atoms with Crippen molar-refractivity contribution in [2.45, 2.75) is 47.0 Å². The lowest BCUT2D eigenvalue weighted by atomic mass is 10.1. The molecule has 0 spiro atoms. The van der Waals surface area contributed by atoms with Crippen LogP contribution < -0.4 is 5.73 Å². The number of rotatable bonds is 6. The Bertz CT molecular complexity index is 683. The SMILES string of the molecule is C=CCC(C(=O)OCC)c1ncc(-c2ccc(F)cc2N)[nH]1.CC.CC. The van der Waals surface area contributed by atoms with Gasteiger partial charge in [0.05, 0.1) is 18.5 Å². The van der Waals surface area contributed by atoms with Crippen molar-refractivity contribution >= 4 is 11.7 Å². The van der Waals surface area contributed by atoms with Gasteiger partial charge >= 0.3 is 5.97 Å². The Kier molecular flexibility index (Phi) is 11.4. The summed E-state index contributed by atoms with van der Waals surface area (Å²) in [7, 11) is 0. The monoisotopic (exact) mass is 363 g/mol. The Balaban J connectivity index is 0.00000146. The van der Waals surface area contributed by atoms with Crippen molar-refractivity contribution in [3.63, 3.8) is 0 Å². The number of nitrogen functional groups attached to an aromatic ring is 1. The molecular weight excluding hydrogens is 333 g/mol. The Morgan fingerprint density at radius 2 is 2.04 bits per heavy atom. The van der Waals surface area contributed by atoms with E-state index in [1.807, 2.05) is 27.7 Å². The Labute approximate surface area is 155 Å². The Morgan fingerprint density at radius 1 is 1.38 bits per heavy atom.